The Hall–Kier alpha value is -2.02. The predicted molar refractivity (Wildman–Crippen MR) is 70.5 cm³/mol. The summed E-state index contributed by atoms with van der Waals surface area (Å²) >= 11 is 3.30. The van der Waals surface area contributed by atoms with Crippen molar-refractivity contribution in [1.29, 1.82) is 0 Å². The minimum Gasteiger partial charge on any atom is -0.437 e. The van der Waals surface area contributed by atoms with E-state index in [0.717, 1.165) is 0 Å². The number of hydrogen-bond donors (Lipinski definition) is 0. The quantitative estimate of drug-likeness (QED) is 0.727. The molecule has 0 aliphatic rings. The first-order valence-corrected chi connectivity index (χ1v) is 6.20. The van der Waals surface area contributed by atoms with Crippen LogP contribution in [0.5, 0.6) is 11.6 Å². The Labute approximate surface area is 116 Å². The normalized spacial score (nSPS) is 10.9. The van der Waals surface area contributed by atoms with Crippen LogP contribution in [-0.4, -0.2) is 19.7 Å². The van der Waals surface area contributed by atoms with Gasteiger partial charge in [0.05, 0.1) is 10.7 Å². The fraction of sp³-hybridized carbons (Fsp3) is 0.0833. The molecule has 3 rings (SSSR count). The second-order valence-electron chi connectivity index (χ2n) is 3.86. The molecule has 0 amide bonds. The van der Waals surface area contributed by atoms with Gasteiger partial charge in [-0.3, -0.25) is 4.68 Å². The smallest absolute Gasteiger partial charge is 0.233 e. The van der Waals surface area contributed by atoms with Gasteiger partial charge in [-0.25, -0.2) is 14.4 Å². The van der Waals surface area contributed by atoms with Crippen molar-refractivity contribution in [2.24, 2.45) is 7.05 Å². The highest BCUT2D eigenvalue weighted by atomic mass is 79.9. The Morgan fingerprint density at radius 3 is 3.00 bits per heavy atom. The molecule has 7 heteroatoms. The Bertz CT molecular complexity index is 759. The maximum Gasteiger partial charge on any atom is 0.233 e. The van der Waals surface area contributed by atoms with Gasteiger partial charge in [-0.05, 0) is 28.1 Å². The molecule has 0 unspecified atom stereocenters. The third-order valence-corrected chi connectivity index (χ3v) is 3.25. The van der Waals surface area contributed by atoms with Crippen LogP contribution in [0.15, 0.2) is 35.2 Å². The van der Waals surface area contributed by atoms with Gasteiger partial charge in [-0.1, -0.05) is 0 Å². The molecule has 0 atom stereocenters. The average Bonchev–Trinajstić information content (AvgIpc) is 2.77. The molecule has 0 aliphatic heterocycles. The maximum atomic E-state index is 13.2. The van der Waals surface area contributed by atoms with Gasteiger partial charge < -0.3 is 4.74 Å². The largest absolute Gasteiger partial charge is 0.437 e. The van der Waals surface area contributed by atoms with E-state index >= 15 is 0 Å². The first-order chi connectivity index (χ1) is 9.15. The summed E-state index contributed by atoms with van der Waals surface area (Å²) in [5.74, 6) is 0.308. The van der Waals surface area contributed by atoms with Crippen LogP contribution in [0.3, 0.4) is 0 Å². The molecule has 0 fully saturated rings. The Morgan fingerprint density at radius 1 is 1.32 bits per heavy atom. The van der Waals surface area contributed by atoms with Gasteiger partial charge in [0, 0.05) is 13.1 Å². The lowest BCUT2D eigenvalue weighted by atomic mass is 10.3. The van der Waals surface area contributed by atoms with E-state index in [1.165, 1.54) is 18.5 Å². The van der Waals surface area contributed by atoms with E-state index in [0.29, 0.717) is 27.1 Å². The highest BCUT2D eigenvalue weighted by Gasteiger charge is 2.11. The second kappa shape index (κ2) is 4.58. The van der Waals surface area contributed by atoms with Gasteiger partial charge in [0.15, 0.2) is 5.65 Å². The monoisotopic (exact) mass is 322 g/mol. The first-order valence-electron chi connectivity index (χ1n) is 5.41. The van der Waals surface area contributed by atoms with Crippen molar-refractivity contribution < 1.29 is 9.13 Å². The molecule has 0 radical (unpaired) electrons. The molecule has 0 bridgehead atoms. The Morgan fingerprint density at radius 2 is 2.16 bits per heavy atom. The molecule has 3 aromatic rings. The third kappa shape index (κ3) is 2.17. The summed E-state index contributed by atoms with van der Waals surface area (Å²) in [6.45, 7) is 0. The van der Waals surface area contributed by atoms with E-state index in [1.807, 2.05) is 0 Å². The van der Waals surface area contributed by atoms with Gasteiger partial charge in [0.1, 0.15) is 23.3 Å². The fourth-order valence-corrected chi connectivity index (χ4v) is 2.01. The molecule has 2 aromatic heterocycles. The molecular formula is C12H8BrFN4O. The van der Waals surface area contributed by atoms with Crippen molar-refractivity contribution in [3.63, 3.8) is 0 Å². The molecule has 96 valence electrons. The van der Waals surface area contributed by atoms with Crippen LogP contribution in [0, 0.1) is 5.82 Å². The topological polar surface area (TPSA) is 52.8 Å². The van der Waals surface area contributed by atoms with Crippen LogP contribution in [0.1, 0.15) is 0 Å². The van der Waals surface area contributed by atoms with Crippen molar-refractivity contribution in [1.82, 2.24) is 19.7 Å². The second-order valence-corrected chi connectivity index (χ2v) is 4.72. The zero-order valence-corrected chi connectivity index (χ0v) is 11.4. The zero-order valence-electron chi connectivity index (χ0n) is 9.84. The third-order valence-electron chi connectivity index (χ3n) is 2.59. The number of aryl methyl sites for hydroxylation is 1. The van der Waals surface area contributed by atoms with E-state index in [2.05, 4.69) is 31.0 Å². The van der Waals surface area contributed by atoms with Crippen molar-refractivity contribution in [3.05, 3.63) is 41.0 Å². The van der Waals surface area contributed by atoms with Crippen molar-refractivity contribution >= 4 is 27.0 Å². The van der Waals surface area contributed by atoms with Crippen molar-refractivity contribution in [2.45, 2.75) is 0 Å². The molecule has 1 aromatic carbocycles. The summed E-state index contributed by atoms with van der Waals surface area (Å²) in [6, 6.07) is 4.21. The van der Waals surface area contributed by atoms with E-state index in [9.17, 15) is 4.39 Å². The maximum absolute atomic E-state index is 13.2. The summed E-state index contributed by atoms with van der Waals surface area (Å²) in [4.78, 5) is 8.16. The minimum atomic E-state index is -0.380. The molecule has 0 aliphatic carbocycles. The summed E-state index contributed by atoms with van der Waals surface area (Å²) in [5.41, 5.74) is 0.650. The van der Waals surface area contributed by atoms with Gasteiger partial charge >= 0.3 is 0 Å². The van der Waals surface area contributed by atoms with E-state index in [1.54, 1.807) is 24.0 Å². The summed E-state index contributed by atoms with van der Waals surface area (Å²) in [6.07, 6.45) is 2.99. The lowest BCUT2D eigenvalue weighted by Gasteiger charge is -2.07. The van der Waals surface area contributed by atoms with E-state index < -0.39 is 0 Å². The zero-order chi connectivity index (χ0) is 13.4. The molecule has 19 heavy (non-hydrogen) atoms. The van der Waals surface area contributed by atoms with E-state index in [4.69, 9.17) is 4.74 Å². The number of ether oxygens (including phenoxy) is 1. The standard InChI is InChI=1S/C12H8BrFN4O/c1-18-11-8(5-17-18)12(16-6-15-11)19-10-4-7(14)2-3-9(10)13/h2-6H,1H3. The molecule has 0 saturated carbocycles. The van der Waals surface area contributed by atoms with Crippen molar-refractivity contribution in [2.75, 3.05) is 0 Å². The number of hydrogen-bond acceptors (Lipinski definition) is 4. The van der Waals surface area contributed by atoms with Crippen LogP contribution < -0.4 is 4.74 Å². The Balaban J connectivity index is 2.08. The summed E-state index contributed by atoms with van der Waals surface area (Å²) < 4.78 is 21.1. The van der Waals surface area contributed by atoms with Crippen LogP contribution in [0.2, 0.25) is 0 Å². The molecule has 5 nitrogen and oxygen atoms in total. The highest BCUT2D eigenvalue weighted by molar-refractivity contribution is 9.10. The highest BCUT2D eigenvalue weighted by Crippen LogP contribution is 2.32. The average molecular weight is 323 g/mol. The number of fused-ring (bicyclic) bond motifs is 1. The van der Waals surface area contributed by atoms with Gasteiger partial charge in [0.25, 0.3) is 0 Å². The minimum absolute atomic E-state index is 0.337. The molecule has 2 heterocycles. The van der Waals surface area contributed by atoms with Gasteiger partial charge in [0.2, 0.25) is 5.88 Å². The lowest BCUT2D eigenvalue weighted by molar-refractivity contribution is 0.460. The van der Waals surface area contributed by atoms with Crippen LogP contribution in [0.25, 0.3) is 11.0 Å². The molecular weight excluding hydrogens is 315 g/mol. The summed E-state index contributed by atoms with van der Waals surface area (Å²) in [7, 11) is 1.78. The van der Waals surface area contributed by atoms with Crippen LogP contribution in [0.4, 0.5) is 4.39 Å². The first kappa shape index (κ1) is 12.0. The van der Waals surface area contributed by atoms with E-state index in [-0.39, 0.29) is 5.82 Å². The predicted octanol–water partition coefficient (Wildman–Crippen LogP) is 3.06. The number of aromatic nitrogens is 4. The van der Waals surface area contributed by atoms with Crippen LogP contribution >= 0.6 is 15.9 Å². The van der Waals surface area contributed by atoms with Gasteiger partial charge in [-0.15, -0.1) is 0 Å². The SMILES string of the molecule is Cn1ncc2c(Oc3cc(F)ccc3Br)ncnc21. The number of benzene rings is 1. The summed E-state index contributed by atoms with van der Waals surface area (Å²) in [5, 5.41) is 4.75. The number of rotatable bonds is 2. The van der Waals surface area contributed by atoms with Gasteiger partial charge in [-0.2, -0.15) is 5.10 Å². The number of nitrogens with zero attached hydrogens (tertiary/aromatic N) is 4. The van der Waals surface area contributed by atoms with Crippen LogP contribution in [-0.2, 0) is 7.05 Å². The molecule has 0 N–H and O–H groups in total. The lowest BCUT2D eigenvalue weighted by Crippen LogP contribution is -1.94. The van der Waals surface area contributed by atoms with Crippen molar-refractivity contribution in [3.8, 4) is 11.6 Å². The molecule has 0 spiro atoms. The molecule has 0 saturated heterocycles. The fourth-order valence-electron chi connectivity index (χ4n) is 1.68. The Kier molecular flexibility index (Phi) is 2.90. The number of halogens is 2.